The minimum absolute atomic E-state index is 0.156. The van der Waals surface area contributed by atoms with Crippen LogP contribution in [0, 0.1) is 5.92 Å². The topological polar surface area (TPSA) is 20.3 Å². The van der Waals surface area contributed by atoms with Crippen LogP contribution in [0.1, 0.15) is 48.5 Å². The quantitative estimate of drug-likeness (QED) is 0.781. The maximum atomic E-state index is 11.3. The normalized spacial score (nSPS) is 30.1. The Morgan fingerprint density at radius 2 is 2.00 bits per heavy atom. The number of likely N-dealkylation sites (tertiary alicyclic amines) is 1. The van der Waals surface area contributed by atoms with E-state index in [1.54, 1.807) is 7.85 Å². The Bertz CT molecular complexity index is 478. The second kappa shape index (κ2) is 5.73. The molecule has 0 bridgehead atoms. The van der Waals surface area contributed by atoms with Crippen LogP contribution >= 0.6 is 0 Å². The highest BCUT2D eigenvalue weighted by atomic mass is 16.1. The van der Waals surface area contributed by atoms with E-state index in [1.165, 1.54) is 44.2 Å². The van der Waals surface area contributed by atoms with Crippen LogP contribution in [0.3, 0.4) is 0 Å². The molecule has 1 aliphatic carbocycles. The summed E-state index contributed by atoms with van der Waals surface area (Å²) in [5.41, 5.74) is 2.36. The van der Waals surface area contributed by atoms with Gasteiger partial charge in [0.05, 0.1) is 0 Å². The minimum atomic E-state index is 0.156. The second-order valence-electron chi connectivity index (χ2n) is 6.68. The lowest BCUT2D eigenvalue weighted by Crippen LogP contribution is -2.46. The molecule has 0 radical (unpaired) electrons. The van der Waals surface area contributed by atoms with Gasteiger partial charge in [-0.1, -0.05) is 24.3 Å². The van der Waals surface area contributed by atoms with Gasteiger partial charge in [0.25, 0.3) is 0 Å². The number of nitrogens with zero attached hydrogens (tertiary/aromatic N) is 1. The standard InChI is InChI=1S/C17H24BNO/c1-12-3-2-8-19(12)16-10-14(11-16)9-13-4-6-15(7-5-13)17(18)20/h4-7,12,14,16H,2-3,8-11,18H2,1H3. The number of hydrogen-bond donors (Lipinski definition) is 0. The van der Waals surface area contributed by atoms with Gasteiger partial charge >= 0.3 is 0 Å². The van der Waals surface area contributed by atoms with Gasteiger partial charge in [-0.3, -0.25) is 4.90 Å². The summed E-state index contributed by atoms with van der Waals surface area (Å²) in [4.78, 5) is 14.0. The van der Waals surface area contributed by atoms with Crippen molar-refractivity contribution in [3.05, 3.63) is 35.4 Å². The molecule has 1 saturated heterocycles. The van der Waals surface area contributed by atoms with Crippen LogP contribution < -0.4 is 0 Å². The second-order valence-corrected chi connectivity index (χ2v) is 6.68. The molecule has 2 aliphatic rings. The fourth-order valence-electron chi connectivity index (χ4n) is 3.84. The molecule has 0 amide bonds. The van der Waals surface area contributed by atoms with E-state index < -0.39 is 0 Å². The summed E-state index contributed by atoms with van der Waals surface area (Å²) in [6.45, 7) is 3.69. The number of rotatable bonds is 4. The Balaban J connectivity index is 1.50. The van der Waals surface area contributed by atoms with E-state index in [2.05, 4.69) is 24.0 Å². The van der Waals surface area contributed by atoms with Gasteiger partial charge in [-0.2, -0.15) is 0 Å². The Labute approximate surface area is 123 Å². The Hall–Kier alpha value is -1.09. The van der Waals surface area contributed by atoms with Gasteiger partial charge in [0, 0.05) is 17.6 Å². The smallest absolute Gasteiger partial charge is 0.193 e. The number of carbonyl (C=O) groups excluding carboxylic acids is 1. The molecule has 1 heterocycles. The Morgan fingerprint density at radius 3 is 2.55 bits per heavy atom. The van der Waals surface area contributed by atoms with Crippen molar-refractivity contribution in [1.29, 1.82) is 0 Å². The SMILES string of the molecule is BC(=O)c1ccc(CC2CC(N3CCCC3C)C2)cc1. The fraction of sp³-hybridized carbons (Fsp3) is 0.588. The van der Waals surface area contributed by atoms with Crippen molar-refractivity contribution in [2.45, 2.75) is 51.1 Å². The third-order valence-electron chi connectivity index (χ3n) is 5.17. The molecule has 1 aliphatic heterocycles. The molecule has 1 saturated carbocycles. The predicted octanol–water partition coefficient (Wildman–Crippen LogP) is 2.27. The van der Waals surface area contributed by atoms with Gasteiger partial charge in [-0.15, -0.1) is 0 Å². The van der Waals surface area contributed by atoms with E-state index in [-0.39, 0.29) is 5.68 Å². The summed E-state index contributed by atoms with van der Waals surface area (Å²) in [5.74, 6) is 0.843. The molecule has 106 valence electrons. The molecule has 1 aromatic carbocycles. The van der Waals surface area contributed by atoms with Gasteiger partial charge in [-0.25, -0.2) is 0 Å². The van der Waals surface area contributed by atoms with Crippen LogP contribution in [0.2, 0.25) is 0 Å². The maximum Gasteiger partial charge on any atom is 0.193 e. The molecule has 3 heteroatoms. The predicted molar refractivity (Wildman–Crippen MR) is 84.9 cm³/mol. The molecule has 1 unspecified atom stereocenters. The van der Waals surface area contributed by atoms with E-state index >= 15 is 0 Å². The lowest BCUT2D eigenvalue weighted by molar-refractivity contribution is 0.0732. The first-order chi connectivity index (χ1) is 9.63. The first-order valence-electron chi connectivity index (χ1n) is 7.99. The molecule has 1 atom stereocenters. The summed E-state index contributed by atoms with van der Waals surface area (Å²) in [5, 5.41) is 0. The molecule has 0 N–H and O–H groups in total. The molecular weight excluding hydrogens is 245 g/mol. The van der Waals surface area contributed by atoms with Crippen LogP contribution in [0.4, 0.5) is 0 Å². The van der Waals surface area contributed by atoms with Crippen LogP contribution in [0.15, 0.2) is 24.3 Å². The van der Waals surface area contributed by atoms with Gasteiger partial charge < -0.3 is 4.79 Å². The largest absolute Gasteiger partial charge is 0.307 e. The molecular formula is C17H24BNO. The van der Waals surface area contributed by atoms with Crippen LogP contribution in [0.25, 0.3) is 0 Å². The minimum Gasteiger partial charge on any atom is -0.307 e. The van der Waals surface area contributed by atoms with Crippen molar-refractivity contribution in [3.63, 3.8) is 0 Å². The van der Waals surface area contributed by atoms with E-state index in [0.717, 1.165) is 23.6 Å². The lowest BCUT2D eigenvalue weighted by atomic mass is 9.75. The molecule has 2 fully saturated rings. The van der Waals surface area contributed by atoms with Gasteiger partial charge in [0.1, 0.15) is 5.68 Å². The average molecular weight is 269 g/mol. The monoisotopic (exact) mass is 269 g/mol. The van der Waals surface area contributed by atoms with Crippen LogP contribution in [-0.4, -0.2) is 37.1 Å². The molecule has 2 nitrogen and oxygen atoms in total. The Kier molecular flexibility index (Phi) is 3.97. The summed E-state index contributed by atoms with van der Waals surface area (Å²) in [7, 11) is 1.63. The average Bonchev–Trinajstić information content (AvgIpc) is 2.80. The third kappa shape index (κ3) is 2.83. The van der Waals surface area contributed by atoms with E-state index in [1.807, 2.05) is 12.1 Å². The maximum absolute atomic E-state index is 11.3. The highest BCUT2D eigenvalue weighted by molar-refractivity contribution is 6.62. The third-order valence-corrected chi connectivity index (χ3v) is 5.17. The fourth-order valence-corrected chi connectivity index (χ4v) is 3.84. The Morgan fingerprint density at radius 1 is 1.30 bits per heavy atom. The zero-order valence-corrected chi connectivity index (χ0v) is 12.6. The highest BCUT2D eigenvalue weighted by Gasteiger charge is 2.37. The summed E-state index contributed by atoms with van der Waals surface area (Å²) >= 11 is 0. The molecule has 20 heavy (non-hydrogen) atoms. The van der Waals surface area contributed by atoms with Crippen molar-refractivity contribution in [2.75, 3.05) is 6.54 Å². The number of hydrogen-bond acceptors (Lipinski definition) is 2. The number of carbonyl (C=O) groups is 1. The number of benzene rings is 1. The van der Waals surface area contributed by atoms with Gasteiger partial charge in [-0.05, 0) is 57.1 Å². The molecule has 1 aromatic rings. The molecule has 3 rings (SSSR count). The molecule has 0 spiro atoms. The van der Waals surface area contributed by atoms with Gasteiger partial charge in [0.2, 0.25) is 0 Å². The van der Waals surface area contributed by atoms with Crippen LogP contribution in [0.5, 0.6) is 0 Å². The zero-order chi connectivity index (χ0) is 14.1. The van der Waals surface area contributed by atoms with Crippen molar-refractivity contribution in [1.82, 2.24) is 4.90 Å². The van der Waals surface area contributed by atoms with E-state index in [4.69, 9.17) is 0 Å². The van der Waals surface area contributed by atoms with Crippen LogP contribution in [-0.2, 0) is 6.42 Å². The van der Waals surface area contributed by atoms with Crippen molar-refractivity contribution < 1.29 is 4.79 Å². The first kappa shape index (κ1) is 13.9. The summed E-state index contributed by atoms with van der Waals surface area (Å²) in [6, 6.07) is 9.84. The molecule has 0 aromatic heterocycles. The van der Waals surface area contributed by atoms with Crippen molar-refractivity contribution in [2.24, 2.45) is 5.92 Å². The van der Waals surface area contributed by atoms with E-state index in [9.17, 15) is 4.79 Å². The first-order valence-corrected chi connectivity index (χ1v) is 7.99. The zero-order valence-electron chi connectivity index (χ0n) is 12.6. The highest BCUT2D eigenvalue weighted by Crippen LogP contribution is 2.37. The van der Waals surface area contributed by atoms with Crippen molar-refractivity contribution >= 4 is 13.5 Å². The lowest BCUT2D eigenvalue weighted by Gasteiger charge is -2.43. The van der Waals surface area contributed by atoms with Gasteiger partial charge in [0.15, 0.2) is 7.85 Å². The van der Waals surface area contributed by atoms with E-state index in [0.29, 0.717) is 0 Å². The summed E-state index contributed by atoms with van der Waals surface area (Å²) in [6.07, 6.45) is 6.66. The summed E-state index contributed by atoms with van der Waals surface area (Å²) < 4.78 is 0. The van der Waals surface area contributed by atoms with Crippen molar-refractivity contribution in [3.8, 4) is 0 Å².